The van der Waals surface area contributed by atoms with E-state index in [9.17, 15) is 4.79 Å². The van der Waals surface area contributed by atoms with E-state index >= 15 is 0 Å². The molecule has 0 aliphatic carbocycles. The molecule has 4 aromatic rings. The zero-order valence-electron chi connectivity index (χ0n) is 12.7. The molecule has 1 aromatic heterocycles. The standard InChI is InChI=1S/C20H15NO2/c1-23-18-11-10-13-6-2-3-7-14(13)19(18)20(22)16-12-21-17-9-5-4-8-15(16)17/h2-12,21H,1H3. The zero-order chi connectivity index (χ0) is 15.8. The van der Waals surface area contributed by atoms with Crippen LogP contribution in [0.3, 0.4) is 0 Å². The lowest BCUT2D eigenvalue weighted by molar-refractivity contribution is 0.103. The van der Waals surface area contributed by atoms with Crippen molar-refractivity contribution in [2.75, 3.05) is 7.11 Å². The molecule has 0 atom stereocenters. The van der Waals surface area contributed by atoms with E-state index in [1.54, 1.807) is 13.3 Å². The van der Waals surface area contributed by atoms with Gasteiger partial charge in [-0.3, -0.25) is 4.79 Å². The first-order chi connectivity index (χ1) is 11.3. The molecule has 0 fully saturated rings. The van der Waals surface area contributed by atoms with Gasteiger partial charge in [0.05, 0.1) is 12.7 Å². The lowest BCUT2D eigenvalue weighted by Crippen LogP contribution is -2.04. The van der Waals surface area contributed by atoms with Crippen molar-refractivity contribution in [1.29, 1.82) is 0 Å². The second-order valence-electron chi connectivity index (χ2n) is 5.44. The summed E-state index contributed by atoms with van der Waals surface area (Å²) < 4.78 is 5.45. The van der Waals surface area contributed by atoms with Gasteiger partial charge in [0.15, 0.2) is 5.78 Å². The van der Waals surface area contributed by atoms with Crippen LogP contribution in [0.2, 0.25) is 0 Å². The molecule has 0 saturated carbocycles. The predicted octanol–water partition coefficient (Wildman–Crippen LogP) is 4.56. The van der Waals surface area contributed by atoms with Crippen molar-refractivity contribution >= 4 is 27.5 Å². The molecule has 0 aliphatic rings. The average molecular weight is 301 g/mol. The summed E-state index contributed by atoms with van der Waals surface area (Å²) in [6.07, 6.45) is 1.77. The van der Waals surface area contributed by atoms with E-state index in [4.69, 9.17) is 4.74 Å². The van der Waals surface area contributed by atoms with Crippen LogP contribution in [0.4, 0.5) is 0 Å². The molecule has 0 amide bonds. The van der Waals surface area contributed by atoms with Crippen LogP contribution in [0.1, 0.15) is 15.9 Å². The average Bonchev–Trinajstić information content (AvgIpc) is 3.04. The largest absolute Gasteiger partial charge is 0.496 e. The summed E-state index contributed by atoms with van der Waals surface area (Å²) in [5, 5.41) is 2.85. The van der Waals surface area contributed by atoms with Crippen molar-refractivity contribution in [3.05, 3.63) is 78.0 Å². The second-order valence-corrected chi connectivity index (χ2v) is 5.44. The molecular weight excluding hydrogens is 286 g/mol. The van der Waals surface area contributed by atoms with E-state index in [-0.39, 0.29) is 5.78 Å². The fourth-order valence-corrected chi connectivity index (χ4v) is 3.05. The molecule has 1 heterocycles. The molecule has 112 valence electrons. The number of methoxy groups -OCH3 is 1. The lowest BCUT2D eigenvalue weighted by Gasteiger charge is -2.11. The highest BCUT2D eigenvalue weighted by Gasteiger charge is 2.20. The molecule has 4 rings (SSSR count). The summed E-state index contributed by atoms with van der Waals surface area (Å²) in [5.74, 6) is 0.565. The Labute approximate surface area is 133 Å². The Kier molecular flexibility index (Phi) is 3.12. The molecule has 0 unspecified atom stereocenters. The van der Waals surface area contributed by atoms with E-state index in [2.05, 4.69) is 4.98 Å². The second kappa shape index (κ2) is 5.29. The van der Waals surface area contributed by atoms with Gasteiger partial charge in [0, 0.05) is 22.7 Å². The number of carbonyl (C=O) groups is 1. The van der Waals surface area contributed by atoms with Crippen LogP contribution < -0.4 is 4.74 Å². The minimum Gasteiger partial charge on any atom is -0.496 e. The van der Waals surface area contributed by atoms with E-state index in [0.29, 0.717) is 16.9 Å². The number of ether oxygens (including phenoxy) is 1. The van der Waals surface area contributed by atoms with Crippen molar-refractivity contribution in [1.82, 2.24) is 4.98 Å². The maximum absolute atomic E-state index is 13.2. The first-order valence-corrected chi connectivity index (χ1v) is 7.46. The summed E-state index contributed by atoms with van der Waals surface area (Å²) in [6.45, 7) is 0. The number of H-pyrrole nitrogens is 1. The molecule has 3 heteroatoms. The monoisotopic (exact) mass is 301 g/mol. The number of para-hydroxylation sites is 1. The number of nitrogens with one attached hydrogen (secondary N) is 1. The quantitative estimate of drug-likeness (QED) is 0.564. The minimum absolute atomic E-state index is 0.0314. The van der Waals surface area contributed by atoms with Gasteiger partial charge in [-0.2, -0.15) is 0 Å². The topological polar surface area (TPSA) is 42.1 Å². The minimum atomic E-state index is -0.0314. The highest BCUT2D eigenvalue weighted by molar-refractivity contribution is 6.22. The summed E-state index contributed by atoms with van der Waals surface area (Å²) >= 11 is 0. The number of hydrogen-bond donors (Lipinski definition) is 1. The maximum Gasteiger partial charge on any atom is 0.199 e. The number of hydrogen-bond acceptors (Lipinski definition) is 2. The van der Waals surface area contributed by atoms with Crippen LogP contribution in [-0.4, -0.2) is 17.9 Å². The number of benzene rings is 3. The van der Waals surface area contributed by atoms with Crippen molar-refractivity contribution in [3.63, 3.8) is 0 Å². The highest BCUT2D eigenvalue weighted by Crippen LogP contribution is 2.31. The number of aromatic amines is 1. The van der Waals surface area contributed by atoms with Gasteiger partial charge < -0.3 is 9.72 Å². The van der Waals surface area contributed by atoms with Gasteiger partial charge in [0.2, 0.25) is 0 Å². The van der Waals surface area contributed by atoms with E-state index in [1.807, 2.05) is 60.7 Å². The third-order valence-electron chi connectivity index (χ3n) is 4.17. The van der Waals surface area contributed by atoms with Crippen LogP contribution in [0.15, 0.2) is 66.9 Å². The fourth-order valence-electron chi connectivity index (χ4n) is 3.05. The normalized spacial score (nSPS) is 11.0. The summed E-state index contributed by atoms with van der Waals surface area (Å²) in [4.78, 5) is 16.4. The van der Waals surface area contributed by atoms with Crippen molar-refractivity contribution in [2.45, 2.75) is 0 Å². The first kappa shape index (κ1) is 13.6. The number of carbonyl (C=O) groups excluding carboxylic acids is 1. The maximum atomic E-state index is 13.2. The van der Waals surface area contributed by atoms with Crippen LogP contribution in [-0.2, 0) is 0 Å². The molecular formula is C20H15NO2. The van der Waals surface area contributed by atoms with Gasteiger partial charge in [0.1, 0.15) is 5.75 Å². The third kappa shape index (κ3) is 2.09. The Morgan fingerprint density at radius 1 is 0.913 bits per heavy atom. The fraction of sp³-hybridized carbons (Fsp3) is 0.0500. The molecule has 3 nitrogen and oxygen atoms in total. The van der Waals surface area contributed by atoms with Gasteiger partial charge in [-0.25, -0.2) is 0 Å². The molecule has 0 saturated heterocycles. The number of aromatic nitrogens is 1. The molecule has 0 spiro atoms. The Bertz CT molecular complexity index is 1030. The Hall–Kier alpha value is -3.07. The lowest BCUT2D eigenvalue weighted by atomic mass is 9.96. The Morgan fingerprint density at radius 2 is 1.65 bits per heavy atom. The van der Waals surface area contributed by atoms with Crippen LogP contribution in [0.25, 0.3) is 21.7 Å². The van der Waals surface area contributed by atoms with Crippen molar-refractivity contribution in [2.24, 2.45) is 0 Å². The Morgan fingerprint density at radius 3 is 2.48 bits per heavy atom. The van der Waals surface area contributed by atoms with E-state index in [0.717, 1.165) is 21.7 Å². The molecule has 0 bridgehead atoms. The zero-order valence-corrected chi connectivity index (χ0v) is 12.7. The SMILES string of the molecule is COc1ccc2ccccc2c1C(=O)c1c[nH]c2ccccc12. The molecule has 0 aliphatic heterocycles. The highest BCUT2D eigenvalue weighted by atomic mass is 16.5. The third-order valence-corrected chi connectivity index (χ3v) is 4.17. The smallest absolute Gasteiger partial charge is 0.199 e. The summed E-state index contributed by atoms with van der Waals surface area (Å²) in [6, 6.07) is 19.5. The van der Waals surface area contributed by atoms with Crippen LogP contribution in [0.5, 0.6) is 5.75 Å². The van der Waals surface area contributed by atoms with Gasteiger partial charge in [-0.05, 0) is 22.9 Å². The van der Waals surface area contributed by atoms with Gasteiger partial charge in [-0.1, -0.05) is 48.5 Å². The number of ketones is 1. The van der Waals surface area contributed by atoms with Crippen LogP contribution in [0, 0.1) is 0 Å². The van der Waals surface area contributed by atoms with Gasteiger partial charge in [0.25, 0.3) is 0 Å². The van der Waals surface area contributed by atoms with Crippen molar-refractivity contribution < 1.29 is 9.53 Å². The summed E-state index contributed by atoms with van der Waals surface area (Å²) in [5.41, 5.74) is 2.22. The van der Waals surface area contributed by atoms with Gasteiger partial charge in [-0.15, -0.1) is 0 Å². The summed E-state index contributed by atoms with van der Waals surface area (Å²) in [7, 11) is 1.59. The molecule has 0 radical (unpaired) electrons. The number of fused-ring (bicyclic) bond motifs is 2. The van der Waals surface area contributed by atoms with E-state index in [1.165, 1.54) is 0 Å². The van der Waals surface area contributed by atoms with Crippen molar-refractivity contribution in [3.8, 4) is 5.75 Å². The van der Waals surface area contributed by atoms with Gasteiger partial charge >= 0.3 is 0 Å². The predicted molar refractivity (Wildman–Crippen MR) is 92.2 cm³/mol. The molecule has 3 aromatic carbocycles. The van der Waals surface area contributed by atoms with Crippen LogP contribution >= 0.6 is 0 Å². The number of rotatable bonds is 3. The first-order valence-electron chi connectivity index (χ1n) is 7.46. The Balaban J connectivity index is 1.99. The van der Waals surface area contributed by atoms with E-state index < -0.39 is 0 Å². The molecule has 23 heavy (non-hydrogen) atoms. The molecule has 1 N–H and O–H groups in total.